The van der Waals surface area contributed by atoms with Gasteiger partial charge in [-0.1, -0.05) is 24.3 Å². The lowest BCUT2D eigenvalue weighted by Gasteiger charge is -2.26. The Morgan fingerprint density at radius 1 is 1.27 bits per heavy atom. The molecule has 2 heterocycles. The first-order valence-corrected chi connectivity index (χ1v) is 8.78. The summed E-state index contributed by atoms with van der Waals surface area (Å²) < 4.78 is 13.0. The van der Waals surface area contributed by atoms with Gasteiger partial charge in [0.05, 0.1) is 13.7 Å². The van der Waals surface area contributed by atoms with Gasteiger partial charge in [0.15, 0.2) is 0 Å². The summed E-state index contributed by atoms with van der Waals surface area (Å²) in [7, 11) is 3.54. The molecule has 1 N–H and O–H groups in total. The van der Waals surface area contributed by atoms with Gasteiger partial charge in [-0.15, -0.1) is 0 Å². The fourth-order valence-corrected chi connectivity index (χ4v) is 3.59. The number of aromatic nitrogens is 1. The maximum atomic E-state index is 12.7. The van der Waals surface area contributed by atoms with Gasteiger partial charge in [-0.05, 0) is 41.8 Å². The Hall–Kier alpha value is -2.79. The number of nitrogens with zero attached hydrogens (tertiary/aromatic N) is 1. The number of carbonyl (C=O) groups is 1. The van der Waals surface area contributed by atoms with E-state index in [1.165, 1.54) is 11.1 Å². The Balaban J connectivity index is 1.52. The molecular formula is C21H22N2O3. The molecule has 5 heteroatoms. The van der Waals surface area contributed by atoms with E-state index in [-0.39, 0.29) is 12.0 Å². The second-order valence-corrected chi connectivity index (χ2v) is 6.53. The third-order valence-electron chi connectivity index (χ3n) is 5.02. The van der Waals surface area contributed by atoms with Gasteiger partial charge < -0.3 is 19.4 Å². The molecule has 1 aliphatic rings. The van der Waals surface area contributed by atoms with Crippen molar-refractivity contribution in [3.63, 3.8) is 0 Å². The number of amides is 1. The van der Waals surface area contributed by atoms with E-state index in [0.29, 0.717) is 18.8 Å². The second kappa shape index (κ2) is 6.84. The quantitative estimate of drug-likeness (QED) is 0.786. The molecule has 1 aliphatic heterocycles. The lowest BCUT2D eigenvalue weighted by Crippen LogP contribution is -2.32. The minimum absolute atomic E-state index is 0.0984. The predicted octanol–water partition coefficient (Wildman–Crippen LogP) is 3.23. The fraction of sp³-hybridized carbons (Fsp3) is 0.286. The summed E-state index contributed by atoms with van der Waals surface area (Å²) in [5.41, 5.74) is 4.09. The van der Waals surface area contributed by atoms with Crippen molar-refractivity contribution >= 4 is 16.8 Å². The number of rotatable bonds is 4. The van der Waals surface area contributed by atoms with E-state index in [4.69, 9.17) is 9.47 Å². The van der Waals surface area contributed by atoms with Crippen LogP contribution in [0.1, 0.15) is 27.7 Å². The maximum absolute atomic E-state index is 12.7. The molecule has 0 spiro atoms. The number of fused-ring (bicyclic) bond motifs is 2. The molecule has 0 saturated heterocycles. The van der Waals surface area contributed by atoms with E-state index in [9.17, 15) is 4.79 Å². The number of hydrogen-bond acceptors (Lipinski definition) is 3. The van der Waals surface area contributed by atoms with E-state index >= 15 is 0 Å². The highest BCUT2D eigenvalue weighted by molar-refractivity contribution is 5.99. The molecule has 0 saturated carbocycles. The first kappa shape index (κ1) is 16.7. The Labute approximate surface area is 152 Å². The molecule has 0 fully saturated rings. The van der Waals surface area contributed by atoms with Crippen LogP contribution in [0.5, 0.6) is 5.75 Å². The van der Waals surface area contributed by atoms with Gasteiger partial charge in [0.25, 0.3) is 5.91 Å². The molecule has 2 aromatic carbocycles. The average Bonchev–Trinajstić information content (AvgIpc) is 3.02. The monoisotopic (exact) mass is 350 g/mol. The zero-order valence-electron chi connectivity index (χ0n) is 15.0. The van der Waals surface area contributed by atoms with E-state index in [2.05, 4.69) is 17.4 Å². The summed E-state index contributed by atoms with van der Waals surface area (Å²) in [5.74, 6) is 0.677. The molecule has 1 atom stereocenters. The molecule has 0 aliphatic carbocycles. The van der Waals surface area contributed by atoms with Gasteiger partial charge >= 0.3 is 0 Å². The van der Waals surface area contributed by atoms with Crippen LogP contribution in [-0.2, 0) is 18.2 Å². The van der Waals surface area contributed by atoms with Crippen molar-refractivity contribution < 1.29 is 14.3 Å². The van der Waals surface area contributed by atoms with Crippen molar-refractivity contribution in [3.8, 4) is 5.75 Å². The molecule has 1 amide bonds. The predicted molar refractivity (Wildman–Crippen MR) is 101 cm³/mol. The number of aryl methyl sites for hydroxylation is 1. The highest BCUT2D eigenvalue weighted by Crippen LogP contribution is 2.27. The standard InChI is InChI=1S/C21H22N2O3/c1-23-18-8-7-16(25-2)11-15(18)12-19(23)21(24)22-13-20-17-6-4-3-5-14(17)9-10-26-20/h3-8,11-12,20H,9-10,13H2,1-2H3,(H,22,24)/t20-/m1/s1. The lowest BCUT2D eigenvalue weighted by molar-refractivity contribution is 0.0410. The third kappa shape index (κ3) is 2.95. The molecule has 3 aromatic rings. The van der Waals surface area contributed by atoms with Crippen molar-refractivity contribution in [1.29, 1.82) is 0 Å². The van der Waals surface area contributed by atoms with Gasteiger partial charge in [0.1, 0.15) is 17.5 Å². The van der Waals surface area contributed by atoms with Crippen LogP contribution < -0.4 is 10.1 Å². The Bertz CT molecular complexity index is 961. The lowest BCUT2D eigenvalue weighted by atomic mass is 9.97. The molecule has 5 nitrogen and oxygen atoms in total. The largest absolute Gasteiger partial charge is 0.497 e. The van der Waals surface area contributed by atoms with Crippen molar-refractivity contribution in [2.75, 3.05) is 20.3 Å². The Morgan fingerprint density at radius 3 is 2.96 bits per heavy atom. The van der Waals surface area contributed by atoms with E-state index < -0.39 is 0 Å². The zero-order chi connectivity index (χ0) is 18.1. The molecule has 26 heavy (non-hydrogen) atoms. The summed E-state index contributed by atoms with van der Waals surface area (Å²) in [6.45, 7) is 1.14. The fourth-order valence-electron chi connectivity index (χ4n) is 3.59. The number of methoxy groups -OCH3 is 1. The summed E-state index contributed by atoms with van der Waals surface area (Å²) in [4.78, 5) is 12.7. The van der Waals surface area contributed by atoms with Crippen molar-refractivity contribution in [2.45, 2.75) is 12.5 Å². The molecule has 0 bridgehead atoms. The summed E-state index contributed by atoms with van der Waals surface area (Å²) in [6.07, 6.45) is 0.824. The minimum atomic E-state index is -0.102. The molecule has 0 radical (unpaired) electrons. The van der Waals surface area contributed by atoms with Crippen molar-refractivity contribution in [1.82, 2.24) is 9.88 Å². The molecule has 1 aromatic heterocycles. The SMILES string of the molecule is COc1ccc2c(c1)cc(C(=O)NC[C@H]1OCCc3ccccc31)n2C. The normalized spacial score (nSPS) is 16.3. The minimum Gasteiger partial charge on any atom is -0.497 e. The zero-order valence-corrected chi connectivity index (χ0v) is 15.0. The summed E-state index contributed by atoms with van der Waals surface area (Å²) >= 11 is 0. The van der Waals surface area contributed by atoms with Crippen molar-refractivity contribution in [3.05, 3.63) is 65.4 Å². The van der Waals surface area contributed by atoms with E-state index in [1.807, 2.05) is 48.0 Å². The van der Waals surface area contributed by atoms with Gasteiger partial charge in [-0.2, -0.15) is 0 Å². The van der Waals surface area contributed by atoms with E-state index in [0.717, 1.165) is 23.1 Å². The molecule has 0 unspecified atom stereocenters. The van der Waals surface area contributed by atoms with Crippen LogP contribution in [0.2, 0.25) is 0 Å². The molecule has 4 rings (SSSR count). The van der Waals surface area contributed by atoms with Crippen LogP contribution in [0, 0.1) is 0 Å². The number of ether oxygens (including phenoxy) is 2. The third-order valence-corrected chi connectivity index (χ3v) is 5.02. The topological polar surface area (TPSA) is 52.5 Å². The first-order chi connectivity index (χ1) is 12.7. The maximum Gasteiger partial charge on any atom is 0.268 e. The van der Waals surface area contributed by atoms with Crippen LogP contribution in [0.25, 0.3) is 10.9 Å². The Morgan fingerprint density at radius 2 is 2.12 bits per heavy atom. The van der Waals surface area contributed by atoms with Crippen LogP contribution in [0.4, 0.5) is 0 Å². The summed E-state index contributed by atoms with van der Waals surface area (Å²) in [6, 6.07) is 16.0. The van der Waals surface area contributed by atoms with Gasteiger partial charge in [-0.25, -0.2) is 0 Å². The van der Waals surface area contributed by atoms with E-state index in [1.54, 1.807) is 7.11 Å². The smallest absolute Gasteiger partial charge is 0.268 e. The average molecular weight is 350 g/mol. The Kier molecular flexibility index (Phi) is 4.39. The number of benzene rings is 2. The van der Waals surface area contributed by atoms with Gasteiger partial charge in [-0.3, -0.25) is 4.79 Å². The number of hydrogen-bond donors (Lipinski definition) is 1. The van der Waals surface area contributed by atoms with Gasteiger partial charge in [0, 0.05) is 24.5 Å². The second-order valence-electron chi connectivity index (χ2n) is 6.53. The van der Waals surface area contributed by atoms with Crippen LogP contribution in [0.3, 0.4) is 0 Å². The van der Waals surface area contributed by atoms with Crippen LogP contribution >= 0.6 is 0 Å². The highest BCUT2D eigenvalue weighted by atomic mass is 16.5. The van der Waals surface area contributed by atoms with Crippen LogP contribution in [-0.4, -0.2) is 30.7 Å². The highest BCUT2D eigenvalue weighted by Gasteiger charge is 2.22. The molecular weight excluding hydrogens is 328 g/mol. The van der Waals surface area contributed by atoms with Crippen LogP contribution in [0.15, 0.2) is 48.5 Å². The number of nitrogens with one attached hydrogen (secondary N) is 1. The van der Waals surface area contributed by atoms with Crippen molar-refractivity contribution in [2.24, 2.45) is 7.05 Å². The summed E-state index contributed by atoms with van der Waals surface area (Å²) in [5, 5.41) is 4.01. The first-order valence-electron chi connectivity index (χ1n) is 8.78. The molecule has 134 valence electrons. The van der Waals surface area contributed by atoms with Gasteiger partial charge in [0.2, 0.25) is 0 Å². The number of carbonyl (C=O) groups excluding carboxylic acids is 1.